The van der Waals surface area contributed by atoms with E-state index in [1.54, 1.807) is 0 Å². The van der Waals surface area contributed by atoms with Gasteiger partial charge in [0.05, 0.1) is 5.69 Å². The predicted octanol–water partition coefficient (Wildman–Crippen LogP) is 16.1. The van der Waals surface area contributed by atoms with Gasteiger partial charge in [-0.15, -0.1) is 0 Å². The van der Waals surface area contributed by atoms with Gasteiger partial charge in [-0.05, 0) is 142 Å². The van der Waals surface area contributed by atoms with Gasteiger partial charge >= 0.3 is 0 Å². The third-order valence-corrected chi connectivity index (χ3v) is 13.7. The summed E-state index contributed by atoms with van der Waals surface area (Å²) in [4.78, 5) is 2.36. The molecule has 3 atom stereocenters. The summed E-state index contributed by atoms with van der Waals surface area (Å²) in [5.41, 5.74) is 16.6. The first-order chi connectivity index (χ1) is 30.7. The standard InChI is InChI=1S/C59H45NO2/c1-2-46-32-43-23-12-14-27-52(43)59(46)53-28-15-13-26-50(53)51-37-57-58(38-54(51)59)61-55-30-29-48(36-56(55)62-57)60(47-25-16-24-42(33-47)39-17-6-3-7-18-39)49-34-44(40-19-8-4-9-20-40)31-45(35-49)41-21-10-5-11-22-41/h2-4,6-10,12-31,33-38,43,52H,5,11,32H2,1H3/b46-2+. The SMILES string of the molecule is C/C=C1\CC2C=CC=CC2C12c1ccccc1-c1cc3c(cc12)Oc1ccc(N(c2cccc(-c4ccccc4)c2)c2cc(C4=CCCC=C4)cc(-c4ccccc4)c2)cc1O3. The van der Waals surface area contributed by atoms with E-state index < -0.39 is 0 Å². The number of rotatable bonds is 6. The van der Waals surface area contributed by atoms with Crippen LogP contribution in [0.15, 0.2) is 212 Å². The maximum absolute atomic E-state index is 6.99. The van der Waals surface area contributed by atoms with Gasteiger partial charge in [0.15, 0.2) is 23.0 Å². The van der Waals surface area contributed by atoms with E-state index in [2.05, 4.69) is 218 Å². The monoisotopic (exact) mass is 799 g/mol. The molecule has 7 aromatic carbocycles. The van der Waals surface area contributed by atoms with E-state index in [4.69, 9.17) is 9.47 Å². The number of anilines is 3. The van der Waals surface area contributed by atoms with Crippen LogP contribution in [-0.2, 0) is 5.41 Å². The molecule has 1 spiro atoms. The number of nitrogens with zero attached hydrogens (tertiary/aromatic N) is 1. The van der Waals surface area contributed by atoms with Gasteiger partial charge in [-0.3, -0.25) is 0 Å². The molecule has 3 nitrogen and oxygen atoms in total. The molecule has 1 fully saturated rings. The minimum absolute atomic E-state index is 0.249. The molecular weight excluding hydrogens is 755 g/mol. The van der Waals surface area contributed by atoms with E-state index in [1.165, 1.54) is 50.1 Å². The molecule has 5 aliphatic rings. The van der Waals surface area contributed by atoms with E-state index in [1.807, 2.05) is 0 Å². The molecule has 0 amide bonds. The Morgan fingerprint density at radius 3 is 2.05 bits per heavy atom. The average Bonchev–Trinajstić information content (AvgIpc) is 3.83. The van der Waals surface area contributed by atoms with Gasteiger partial charge in [0, 0.05) is 28.8 Å². The largest absolute Gasteiger partial charge is 0.449 e. The predicted molar refractivity (Wildman–Crippen MR) is 255 cm³/mol. The Balaban J connectivity index is 0.999. The molecule has 1 saturated carbocycles. The molecule has 1 aliphatic heterocycles. The lowest BCUT2D eigenvalue weighted by Gasteiger charge is -2.36. The third kappa shape index (κ3) is 5.79. The molecule has 62 heavy (non-hydrogen) atoms. The van der Waals surface area contributed by atoms with E-state index in [-0.39, 0.29) is 5.41 Å². The van der Waals surface area contributed by atoms with Gasteiger partial charge < -0.3 is 14.4 Å². The minimum atomic E-state index is -0.249. The summed E-state index contributed by atoms with van der Waals surface area (Å²) in [7, 11) is 0. The fourth-order valence-corrected chi connectivity index (χ4v) is 10.9. The number of fused-ring (bicyclic) bond motifs is 9. The van der Waals surface area contributed by atoms with Gasteiger partial charge in [-0.2, -0.15) is 0 Å². The lowest BCUT2D eigenvalue weighted by molar-refractivity contribution is 0.358. The van der Waals surface area contributed by atoms with Crippen molar-refractivity contribution in [2.24, 2.45) is 11.8 Å². The minimum Gasteiger partial charge on any atom is -0.449 e. The van der Waals surface area contributed by atoms with E-state index in [0.717, 1.165) is 59.0 Å². The van der Waals surface area contributed by atoms with Crippen LogP contribution in [0.1, 0.15) is 42.9 Å². The van der Waals surface area contributed by atoms with Crippen LogP contribution in [0.25, 0.3) is 39.0 Å². The molecule has 7 aromatic rings. The lowest BCUT2D eigenvalue weighted by atomic mass is 9.66. The van der Waals surface area contributed by atoms with Crippen molar-refractivity contribution < 1.29 is 9.47 Å². The van der Waals surface area contributed by atoms with Crippen molar-refractivity contribution in [1.82, 2.24) is 0 Å². The Kier molecular flexibility index (Phi) is 8.64. The maximum Gasteiger partial charge on any atom is 0.172 e. The number of hydrogen-bond donors (Lipinski definition) is 0. The van der Waals surface area contributed by atoms with Crippen molar-refractivity contribution in [3.05, 3.63) is 229 Å². The molecule has 0 aromatic heterocycles. The Morgan fingerprint density at radius 1 is 0.532 bits per heavy atom. The Labute approximate surface area is 363 Å². The summed E-state index contributed by atoms with van der Waals surface area (Å²) in [6.45, 7) is 2.21. The van der Waals surface area contributed by atoms with Crippen molar-refractivity contribution in [3.8, 4) is 56.4 Å². The first-order valence-electron chi connectivity index (χ1n) is 22.0. The van der Waals surface area contributed by atoms with Gasteiger partial charge in [-0.25, -0.2) is 0 Å². The van der Waals surface area contributed by atoms with E-state index >= 15 is 0 Å². The molecule has 0 bridgehead atoms. The molecule has 3 heteroatoms. The summed E-state index contributed by atoms with van der Waals surface area (Å²) >= 11 is 0. The highest BCUT2D eigenvalue weighted by atomic mass is 16.6. The van der Waals surface area contributed by atoms with Crippen LogP contribution in [-0.4, -0.2) is 0 Å². The van der Waals surface area contributed by atoms with Crippen LogP contribution in [0.4, 0.5) is 17.1 Å². The zero-order valence-electron chi connectivity index (χ0n) is 34.7. The number of allylic oxidation sites excluding steroid dienone is 10. The fourth-order valence-electron chi connectivity index (χ4n) is 10.9. The highest BCUT2D eigenvalue weighted by Gasteiger charge is 2.57. The molecule has 3 unspecified atom stereocenters. The zero-order chi connectivity index (χ0) is 41.2. The normalized spacial score (nSPS) is 20.4. The molecule has 1 heterocycles. The smallest absolute Gasteiger partial charge is 0.172 e. The van der Waals surface area contributed by atoms with E-state index in [9.17, 15) is 0 Å². The van der Waals surface area contributed by atoms with Gasteiger partial charge in [0.25, 0.3) is 0 Å². The number of hydrogen-bond acceptors (Lipinski definition) is 3. The van der Waals surface area contributed by atoms with Gasteiger partial charge in [0.2, 0.25) is 0 Å². The van der Waals surface area contributed by atoms with Crippen LogP contribution >= 0.6 is 0 Å². The van der Waals surface area contributed by atoms with Crippen LogP contribution in [0.2, 0.25) is 0 Å². The number of ether oxygens (including phenoxy) is 2. The molecule has 0 N–H and O–H groups in total. The van der Waals surface area contributed by atoms with Crippen molar-refractivity contribution in [3.63, 3.8) is 0 Å². The molecule has 0 radical (unpaired) electrons. The average molecular weight is 800 g/mol. The second kappa shape index (κ2) is 14.7. The Morgan fingerprint density at radius 2 is 1.23 bits per heavy atom. The summed E-state index contributed by atoms with van der Waals surface area (Å²) in [5.74, 6) is 3.67. The first kappa shape index (κ1) is 36.5. The Bertz CT molecular complexity index is 3080. The van der Waals surface area contributed by atoms with Gasteiger partial charge in [0.1, 0.15) is 0 Å². The second-order valence-corrected chi connectivity index (χ2v) is 17.0. The molecule has 4 aliphatic carbocycles. The van der Waals surface area contributed by atoms with Crippen molar-refractivity contribution in [1.29, 1.82) is 0 Å². The quantitative estimate of drug-likeness (QED) is 0.156. The Hall–Kier alpha value is -7.36. The summed E-state index contributed by atoms with van der Waals surface area (Å²) < 4.78 is 13.9. The summed E-state index contributed by atoms with van der Waals surface area (Å²) in [6, 6.07) is 57.0. The highest BCUT2D eigenvalue weighted by Crippen LogP contribution is 2.66. The highest BCUT2D eigenvalue weighted by molar-refractivity contribution is 5.89. The lowest BCUT2D eigenvalue weighted by Crippen LogP contribution is -2.33. The first-order valence-corrected chi connectivity index (χ1v) is 22.0. The third-order valence-electron chi connectivity index (χ3n) is 13.7. The van der Waals surface area contributed by atoms with Crippen molar-refractivity contribution >= 4 is 22.6 Å². The van der Waals surface area contributed by atoms with Crippen LogP contribution in [0.5, 0.6) is 23.0 Å². The van der Waals surface area contributed by atoms with E-state index in [0.29, 0.717) is 23.3 Å². The summed E-state index contributed by atoms with van der Waals surface area (Å²) in [5, 5.41) is 0. The van der Waals surface area contributed by atoms with Crippen molar-refractivity contribution in [2.75, 3.05) is 4.90 Å². The van der Waals surface area contributed by atoms with Crippen LogP contribution < -0.4 is 14.4 Å². The van der Waals surface area contributed by atoms with Gasteiger partial charge in [-0.1, -0.05) is 151 Å². The fraction of sp³-hybridized carbons (Fsp3) is 0.119. The van der Waals surface area contributed by atoms with Crippen LogP contribution in [0, 0.1) is 11.8 Å². The number of benzene rings is 7. The molecular formula is C59H45NO2. The summed E-state index contributed by atoms with van der Waals surface area (Å²) in [6.07, 6.45) is 21.7. The second-order valence-electron chi connectivity index (χ2n) is 17.0. The molecule has 298 valence electrons. The molecule has 0 saturated heterocycles. The van der Waals surface area contributed by atoms with Crippen molar-refractivity contribution in [2.45, 2.75) is 31.6 Å². The maximum atomic E-state index is 6.99. The zero-order valence-corrected chi connectivity index (χ0v) is 34.7. The topological polar surface area (TPSA) is 21.7 Å². The molecule has 12 rings (SSSR count). The van der Waals surface area contributed by atoms with Crippen LogP contribution in [0.3, 0.4) is 0 Å².